The summed E-state index contributed by atoms with van der Waals surface area (Å²) in [6, 6.07) is 7.67. The molecule has 2 rings (SSSR count). The Morgan fingerprint density at radius 3 is 2.62 bits per heavy atom. The number of hydrogen-bond acceptors (Lipinski definition) is 4. The molecule has 0 fully saturated rings. The molecule has 0 amide bonds. The first-order valence-electron chi connectivity index (χ1n) is 5.10. The Labute approximate surface area is 93.5 Å². The van der Waals surface area contributed by atoms with E-state index in [0.29, 0.717) is 6.42 Å². The van der Waals surface area contributed by atoms with Crippen molar-refractivity contribution in [2.24, 2.45) is 5.73 Å². The molecule has 5 heteroatoms. The van der Waals surface area contributed by atoms with Crippen LogP contribution >= 0.6 is 0 Å². The molecule has 1 unspecified atom stereocenters. The van der Waals surface area contributed by atoms with E-state index in [4.69, 9.17) is 10.8 Å². The third-order valence-corrected chi connectivity index (χ3v) is 2.35. The van der Waals surface area contributed by atoms with E-state index in [-0.39, 0.29) is 12.6 Å². The minimum atomic E-state index is -0.197. The molecule has 0 saturated heterocycles. The fraction of sp³-hybridized carbons (Fsp3) is 0.273. The summed E-state index contributed by atoms with van der Waals surface area (Å²) in [7, 11) is 0. The third-order valence-electron chi connectivity index (χ3n) is 2.35. The lowest BCUT2D eigenvalue weighted by Gasteiger charge is -2.08. The summed E-state index contributed by atoms with van der Waals surface area (Å²) in [6.07, 6.45) is 3.82. The first kappa shape index (κ1) is 10.8. The Balaban J connectivity index is 2.11. The van der Waals surface area contributed by atoms with Gasteiger partial charge in [0.15, 0.2) is 0 Å². The molecule has 1 aromatic carbocycles. The van der Waals surface area contributed by atoms with Crippen LogP contribution in [0.4, 0.5) is 0 Å². The van der Waals surface area contributed by atoms with Crippen LogP contribution in [0, 0.1) is 0 Å². The zero-order valence-corrected chi connectivity index (χ0v) is 8.82. The zero-order valence-electron chi connectivity index (χ0n) is 8.82. The van der Waals surface area contributed by atoms with Crippen LogP contribution in [-0.2, 0) is 6.42 Å². The highest BCUT2D eigenvalue weighted by molar-refractivity contribution is 5.33. The Bertz CT molecular complexity index is 424. The quantitative estimate of drug-likeness (QED) is 0.764. The van der Waals surface area contributed by atoms with Crippen molar-refractivity contribution in [3.8, 4) is 5.69 Å². The molecule has 1 heterocycles. The van der Waals surface area contributed by atoms with Gasteiger partial charge in [0.2, 0.25) is 0 Å². The zero-order chi connectivity index (χ0) is 11.4. The smallest absolute Gasteiger partial charge is 0.138 e. The molecule has 0 radical (unpaired) electrons. The van der Waals surface area contributed by atoms with Gasteiger partial charge in [-0.05, 0) is 24.1 Å². The first-order chi connectivity index (χ1) is 7.79. The number of aromatic nitrogens is 3. The lowest BCUT2D eigenvalue weighted by atomic mass is 10.1. The normalized spacial score (nSPS) is 12.6. The molecule has 5 nitrogen and oxygen atoms in total. The maximum absolute atomic E-state index is 8.85. The van der Waals surface area contributed by atoms with Gasteiger partial charge in [-0.3, -0.25) is 0 Å². The van der Waals surface area contributed by atoms with Crippen molar-refractivity contribution in [3.63, 3.8) is 0 Å². The molecule has 0 bridgehead atoms. The second-order valence-corrected chi connectivity index (χ2v) is 3.65. The molecule has 0 spiro atoms. The first-order valence-corrected chi connectivity index (χ1v) is 5.10. The summed E-state index contributed by atoms with van der Waals surface area (Å²) in [5.41, 5.74) is 7.72. The van der Waals surface area contributed by atoms with Crippen LogP contribution in [0.2, 0.25) is 0 Å². The number of rotatable bonds is 4. The van der Waals surface area contributed by atoms with E-state index in [9.17, 15) is 0 Å². The average molecular weight is 218 g/mol. The predicted octanol–water partition coefficient (Wildman–Crippen LogP) is 0.129. The van der Waals surface area contributed by atoms with Gasteiger partial charge in [0.05, 0.1) is 12.3 Å². The van der Waals surface area contributed by atoms with Gasteiger partial charge >= 0.3 is 0 Å². The van der Waals surface area contributed by atoms with E-state index in [1.807, 2.05) is 24.3 Å². The van der Waals surface area contributed by atoms with Crippen molar-refractivity contribution in [2.45, 2.75) is 12.5 Å². The Kier molecular flexibility index (Phi) is 3.28. The number of aliphatic hydroxyl groups is 1. The van der Waals surface area contributed by atoms with Crippen molar-refractivity contribution < 1.29 is 5.11 Å². The topological polar surface area (TPSA) is 77.0 Å². The predicted molar refractivity (Wildman–Crippen MR) is 60.1 cm³/mol. The van der Waals surface area contributed by atoms with Gasteiger partial charge in [0, 0.05) is 6.04 Å². The Morgan fingerprint density at radius 2 is 2.06 bits per heavy atom. The number of aliphatic hydroxyl groups excluding tert-OH is 1. The third kappa shape index (κ3) is 2.44. The van der Waals surface area contributed by atoms with Crippen molar-refractivity contribution >= 4 is 0 Å². The Hall–Kier alpha value is -1.72. The molecule has 0 saturated carbocycles. The van der Waals surface area contributed by atoms with E-state index >= 15 is 0 Å². The molecule has 0 aliphatic carbocycles. The molecule has 1 aromatic heterocycles. The summed E-state index contributed by atoms with van der Waals surface area (Å²) in [6.45, 7) is 0.00479. The summed E-state index contributed by atoms with van der Waals surface area (Å²) in [5.74, 6) is 0. The van der Waals surface area contributed by atoms with Crippen molar-refractivity contribution in [3.05, 3.63) is 42.5 Å². The van der Waals surface area contributed by atoms with Gasteiger partial charge in [-0.2, -0.15) is 5.10 Å². The molecule has 3 N–H and O–H groups in total. The molecule has 2 aromatic rings. The maximum atomic E-state index is 8.85. The molecule has 0 aliphatic rings. The highest BCUT2D eigenvalue weighted by Crippen LogP contribution is 2.09. The standard InChI is InChI=1S/C11H14N4O/c12-10(6-16)5-9-1-3-11(4-2-9)15-8-13-7-14-15/h1-4,7-8,10,16H,5-6,12H2. The van der Waals surface area contributed by atoms with Crippen LogP contribution in [0.15, 0.2) is 36.9 Å². The minimum absolute atomic E-state index is 0.00479. The van der Waals surface area contributed by atoms with Crippen LogP contribution < -0.4 is 5.73 Å². The lowest BCUT2D eigenvalue weighted by molar-refractivity contribution is 0.265. The molecular formula is C11H14N4O. The van der Waals surface area contributed by atoms with Gasteiger partial charge in [-0.1, -0.05) is 12.1 Å². The highest BCUT2D eigenvalue weighted by atomic mass is 16.3. The summed E-state index contributed by atoms with van der Waals surface area (Å²) >= 11 is 0. The summed E-state index contributed by atoms with van der Waals surface area (Å²) < 4.78 is 1.69. The van der Waals surface area contributed by atoms with Gasteiger partial charge in [0.1, 0.15) is 12.7 Å². The van der Waals surface area contributed by atoms with E-state index in [1.165, 1.54) is 6.33 Å². The molecule has 16 heavy (non-hydrogen) atoms. The number of nitrogens with zero attached hydrogens (tertiary/aromatic N) is 3. The fourth-order valence-corrected chi connectivity index (χ4v) is 1.49. The average Bonchev–Trinajstić information content (AvgIpc) is 2.83. The largest absolute Gasteiger partial charge is 0.395 e. The van der Waals surface area contributed by atoms with Crippen LogP contribution in [0.1, 0.15) is 5.56 Å². The fourth-order valence-electron chi connectivity index (χ4n) is 1.49. The molecule has 1 atom stereocenters. The van der Waals surface area contributed by atoms with Crippen molar-refractivity contribution in [1.29, 1.82) is 0 Å². The Morgan fingerprint density at radius 1 is 1.31 bits per heavy atom. The van der Waals surface area contributed by atoms with Crippen LogP contribution in [0.25, 0.3) is 5.69 Å². The van der Waals surface area contributed by atoms with Crippen molar-refractivity contribution in [2.75, 3.05) is 6.61 Å². The molecule has 0 aliphatic heterocycles. The van der Waals surface area contributed by atoms with E-state index in [2.05, 4.69) is 10.1 Å². The van der Waals surface area contributed by atoms with Gasteiger partial charge < -0.3 is 10.8 Å². The second kappa shape index (κ2) is 4.87. The van der Waals surface area contributed by atoms with Gasteiger partial charge in [0.25, 0.3) is 0 Å². The van der Waals surface area contributed by atoms with E-state index in [0.717, 1.165) is 11.3 Å². The summed E-state index contributed by atoms with van der Waals surface area (Å²) in [4.78, 5) is 3.88. The van der Waals surface area contributed by atoms with Gasteiger partial charge in [-0.15, -0.1) is 0 Å². The lowest BCUT2D eigenvalue weighted by Crippen LogP contribution is -2.26. The van der Waals surface area contributed by atoms with Crippen molar-refractivity contribution in [1.82, 2.24) is 14.8 Å². The van der Waals surface area contributed by atoms with Crippen LogP contribution in [0.5, 0.6) is 0 Å². The SMILES string of the molecule is NC(CO)Cc1ccc(-n2cncn2)cc1. The van der Waals surface area contributed by atoms with E-state index < -0.39 is 0 Å². The molecular weight excluding hydrogens is 204 g/mol. The highest BCUT2D eigenvalue weighted by Gasteiger charge is 2.02. The van der Waals surface area contributed by atoms with E-state index in [1.54, 1.807) is 11.0 Å². The second-order valence-electron chi connectivity index (χ2n) is 3.65. The minimum Gasteiger partial charge on any atom is -0.395 e. The van der Waals surface area contributed by atoms with Crippen LogP contribution in [-0.4, -0.2) is 32.5 Å². The number of benzene rings is 1. The number of nitrogens with two attached hydrogens (primary N) is 1. The van der Waals surface area contributed by atoms with Crippen LogP contribution in [0.3, 0.4) is 0 Å². The summed E-state index contributed by atoms with van der Waals surface area (Å²) in [5, 5.41) is 12.9. The monoisotopic (exact) mass is 218 g/mol. The molecule has 84 valence electrons. The maximum Gasteiger partial charge on any atom is 0.138 e. The van der Waals surface area contributed by atoms with Gasteiger partial charge in [-0.25, -0.2) is 9.67 Å². The number of hydrogen-bond donors (Lipinski definition) is 2.